The Morgan fingerprint density at radius 1 is 1.23 bits per heavy atom. The lowest BCUT2D eigenvalue weighted by Crippen LogP contribution is -1.97. The van der Waals surface area contributed by atoms with E-state index in [0.717, 1.165) is 27.4 Å². The van der Waals surface area contributed by atoms with Crippen molar-refractivity contribution in [1.29, 1.82) is 0 Å². The Hall–Kier alpha value is -1.98. The molecule has 0 saturated carbocycles. The second-order valence-electron chi connectivity index (χ2n) is 5.22. The number of pyridine rings is 1. The van der Waals surface area contributed by atoms with E-state index in [2.05, 4.69) is 4.98 Å². The van der Waals surface area contributed by atoms with Crippen molar-refractivity contribution >= 4 is 16.4 Å². The van der Waals surface area contributed by atoms with Gasteiger partial charge in [0.2, 0.25) is 0 Å². The van der Waals surface area contributed by atoms with Crippen LogP contribution < -0.4 is 0 Å². The van der Waals surface area contributed by atoms with Gasteiger partial charge in [0.1, 0.15) is 5.65 Å². The van der Waals surface area contributed by atoms with E-state index in [0.29, 0.717) is 12.4 Å². The number of aryl methyl sites for hydroxylation is 1. The van der Waals surface area contributed by atoms with Gasteiger partial charge in [-0.1, -0.05) is 18.2 Å². The summed E-state index contributed by atoms with van der Waals surface area (Å²) >= 11 is 0. The summed E-state index contributed by atoms with van der Waals surface area (Å²) < 4.78 is 19.5. The second kappa shape index (κ2) is 6.42. The number of imidazole rings is 1. The second-order valence-corrected chi connectivity index (χ2v) is 6.67. The van der Waals surface area contributed by atoms with E-state index in [1.54, 1.807) is 7.11 Å². The first-order valence-electron chi connectivity index (χ1n) is 7.07. The zero-order chi connectivity index (χ0) is 15.5. The Bertz CT molecular complexity index is 809. The highest BCUT2D eigenvalue weighted by molar-refractivity contribution is 7.84. The van der Waals surface area contributed by atoms with Gasteiger partial charge < -0.3 is 9.14 Å². The number of hydrogen-bond acceptors (Lipinski definition) is 3. The highest BCUT2D eigenvalue weighted by atomic mass is 32.2. The number of ether oxygens (including phenoxy) is 1. The van der Waals surface area contributed by atoms with E-state index in [9.17, 15) is 4.21 Å². The van der Waals surface area contributed by atoms with E-state index < -0.39 is 10.8 Å². The number of nitrogens with zero attached hydrogens (tertiary/aromatic N) is 2. The van der Waals surface area contributed by atoms with Crippen LogP contribution in [-0.4, -0.2) is 20.7 Å². The van der Waals surface area contributed by atoms with E-state index >= 15 is 0 Å². The minimum Gasteiger partial charge on any atom is -0.380 e. The fourth-order valence-corrected chi connectivity index (χ4v) is 3.41. The number of rotatable bonds is 5. The van der Waals surface area contributed by atoms with Crippen LogP contribution in [0, 0.1) is 6.92 Å². The fraction of sp³-hybridized carbons (Fsp3) is 0.235. The van der Waals surface area contributed by atoms with Crippen molar-refractivity contribution in [2.45, 2.75) is 24.2 Å². The summed E-state index contributed by atoms with van der Waals surface area (Å²) in [6.07, 6.45) is 3.90. The van der Waals surface area contributed by atoms with Crippen molar-refractivity contribution in [2.75, 3.05) is 7.11 Å². The Labute approximate surface area is 132 Å². The first kappa shape index (κ1) is 14.9. The Morgan fingerprint density at radius 3 is 2.68 bits per heavy atom. The summed E-state index contributed by atoms with van der Waals surface area (Å²) in [6.45, 7) is 2.59. The molecule has 0 spiro atoms. The molecule has 22 heavy (non-hydrogen) atoms. The number of benzene rings is 1. The van der Waals surface area contributed by atoms with Gasteiger partial charge in [0.15, 0.2) is 0 Å². The average molecular weight is 314 g/mol. The molecular weight excluding hydrogens is 296 g/mol. The topological polar surface area (TPSA) is 43.6 Å². The van der Waals surface area contributed by atoms with Crippen LogP contribution in [0.5, 0.6) is 0 Å². The zero-order valence-electron chi connectivity index (χ0n) is 12.7. The number of fused-ring (bicyclic) bond motifs is 1. The summed E-state index contributed by atoms with van der Waals surface area (Å²) in [5.41, 5.74) is 3.95. The molecule has 4 nitrogen and oxygen atoms in total. The number of hydrogen-bond donors (Lipinski definition) is 0. The van der Waals surface area contributed by atoms with Crippen LogP contribution in [0.1, 0.15) is 16.8 Å². The lowest BCUT2D eigenvalue weighted by Gasteiger charge is -2.03. The van der Waals surface area contributed by atoms with Gasteiger partial charge >= 0.3 is 0 Å². The van der Waals surface area contributed by atoms with E-state index in [4.69, 9.17) is 4.74 Å². The molecule has 0 fully saturated rings. The molecule has 0 saturated heterocycles. The maximum Gasteiger partial charge on any atom is 0.139 e. The third-order valence-electron chi connectivity index (χ3n) is 3.50. The van der Waals surface area contributed by atoms with Crippen molar-refractivity contribution in [3.8, 4) is 0 Å². The highest BCUT2D eigenvalue weighted by Crippen LogP contribution is 2.16. The van der Waals surface area contributed by atoms with Crippen LogP contribution in [0.2, 0.25) is 0 Å². The first-order chi connectivity index (χ1) is 10.7. The molecule has 1 atom stereocenters. The lowest BCUT2D eigenvalue weighted by atomic mass is 10.2. The summed E-state index contributed by atoms with van der Waals surface area (Å²) in [5, 5.41) is 0. The van der Waals surface area contributed by atoms with Crippen LogP contribution in [0.3, 0.4) is 0 Å². The molecule has 0 N–H and O–H groups in total. The smallest absolute Gasteiger partial charge is 0.139 e. The average Bonchev–Trinajstić information content (AvgIpc) is 2.92. The van der Waals surface area contributed by atoms with Crippen molar-refractivity contribution in [3.05, 3.63) is 65.6 Å². The Kier molecular flexibility index (Phi) is 4.36. The van der Waals surface area contributed by atoms with Gasteiger partial charge in [-0.25, -0.2) is 4.98 Å². The first-order valence-corrected chi connectivity index (χ1v) is 8.39. The molecule has 3 aromatic rings. The maximum absolute atomic E-state index is 12.5. The molecule has 0 aliphatic carbocycles. The molecule has 3 rings (SSSR count). The van der Waals surface area contributed by atoms with Crippen LogP contribution in [0.15, 0.2) is 53.7 Å². The van der Waals surface area contributed by atoms with Gasteiger partial charge in [-0.15, -0.1) is 0 Å². The largest absolute Gasteiger partial charge is 0.380 e. The minimum atomic E-state index is -1.10. The molecule has 2 aromatic heterocycles. The highest BCUT2D eigenvalue weighted by Gasteiger charge is 2.09. The van der Waals surface area contributed by atoms with Gasteiger partial charge in [-0.05, 0) is 36.2 Å². The minimum absolute atomic E-state index is 0.421. The molecule has 0 amide bonds. The molecule has 0 radical (unpaired) electrons. The van der Waals surface area contributed by atoms with Crippen molar-refractivity contribution in [3.63, 3.8) is 0 Å². The molecule has 0 unspecified atom stereocenters. The molecule has 0 aliphatic heterocycles. The van der Waals surface area contributed by atoms with E-state index in [1.807, 2.05) is 60.1 Å². The summed E-state index contributed by atoms with van der Waals surface area (Å²) in [7, 11) is 0.568. The number of methoxy groups -OCH3 is 1. The fourth-order valence-electron chi connectivity index (χ4n) is 2.40. The summed E-state index contributed by atoms with van der Waals surface area (Å²) in [5.74, 6) is 0.421. The van der Waals surface area contributed by atoms with Gasteiger partial charge in [0.25, 0.3) is 0 Å². The normalized spacial score (nSPS) is 12.6. The molecule has 114 valence electrons. The summed E-state index contributed by atoms with van der Waals surface area (Å²) in [4.78, 5) is 5.39. The Morgan fingerprint density at radius 2 is 2.00 bits per heavy atom. The zero-order valence-corrected chi connectivity index (χ0v) is 13.5. The van der Waals surface area contributed by atoms with Crippen LogP contribution in [0.4, 0.5) is 0 Å². The lowest BCUT2D eigenvalue weighted by molar-refractivity contribution is 0.185. The van der Waals surface area contributed by atoms with Crippen LogP contribution in [0.25, 0.3) is 5.65 Å². The quantitative estimate of drug-likeness (QED) is 0.727. The Balaban J connectivity index is 1.79. The van der Waals surface area contributed by atoms with Gasteiger partial charge in [0, 0.05) is 24.4 Å². The monoisotopic (exact) mass is 314 g/mol. The number of aromatic nitrogens is 2. The van der Waals surface area contributed by atoms with Crippen molar-refractivity contribution < 1.29 is 8.95 Å². The predicted octanol–water partition coefficient (Wildman–Crippen LogP) is 3.10. The molecular formula is C17H18N2O2S. The van der Waals surface area contributed by atoms with Crippen molar-refractivity contribution in [1.82, 2.24) is 9.38 Å². The van der Waals surface area contributed by atoms with Crippen LogP contribution in [-0.2, 0) is 27.9 Å². The SMILES string of the molecule is COCc1ccc([S@](=O)Cc2cn3cccc(C)c3n2)cc1. The molecule has 1 aromatic carbocycles. The van der Waals surface area contributed by atoms with E-state index in [-0.39, 0.29) is 0 Å². The standard InChI is InChI=1S/C17H18N2O2S/c1-13-4-3-9-19-10-15(18-17(13)19)12-22(20)16-7-5-14(6-8-16)11-21-2/h3-10H,11-12H2,1-2H3/t22-/m1/s1. The van der Waals surface area contributed by atoms with Gasteiger partial charge in [-0.3, -0.25) is 4.21 Å². The maximum atomic E-state index is 12.5. The third kappa shape index (κ3) is 3.10. The third-order valence-corrected chi connectivity index (χ3v) is 4.86. The summed E-state index contributed by atoms with van der Waals surface area (Å²) in [6, 6.07) is 11.7. The van der Waals surface area contributed by atoms with E-state index in [1.165, 1.54) is 0 Å². The van der Waals surface area contributed by atoms with Crippen LogP contribution >= 0.6 is 0 Å². The predicted molar refractivity (Wildman–Crippen MR) is 87.2 cm³/mol. The van der Waals surface area contributed by atoms with Gasteiger partial charge in [0.05, 0.1) is 28.9 Å². The molecule has 5 heteroatoms. The molecule has 2 heterocycles. The van der Waals surface area contributed by atoms with Crippen molar-refractivity contribution in [2.24, 2.45) is 0 Å². The van der Waals surface area contributed by atoms with Gasteiger partial charge in [-0.2, -0.15) is 0 Å². The molecule has 0 aliphatic rings. The molecule has 0 bridgehead atoms.